The molecule has 3 rings (SSSR count). The molecule has 0 spiro atoms. The second-order valence-corrected chi connectivity index (χ2v) is 4.85. The number of hydrogen-bond acceptors (Lipinski definition) is 4. The second-order valence-electron chi connectivity index (χ2n) is 4.85. The molecular formula is C17H16O4. The van der Waals surface area contributed by atoms with E-state index >= 15 is 0 Å². The van der Waals surface area contributed by atoms with E-state index in [1.807, 2.05) is 54.6 Å². The number of fused-ring (bicyclic) bond motifs is 1. The third-order valence-corrected chi connectivity index (χ3v) is 3.29. The molecule has 108 valence electrons. The van der Waals surface area contributed by atoms with Crippen LogP contribution in [-0.4, -0.2) is 18.7 Å². The highest BCUT2D eigenvalue weighted by Crippen LogP contribution is 2.36. The molecule has 1 heterocycles. The van der Waals surface area contributed by atoms with Gasteiger partial charge in [0.2, 0.25) is 0 Å². The highest BCUT2D eigenvalue weighted by Gasteiger charge is 2.32. The van der Waals surface area contributed by atoms with Gasteiger partial charge in [-0.2, -0.15) is 0 Å². The maximum atomic E-state index is 11.3. The van der Waals surface area contributed by atoms with Crippen molar-refractivity contribution >= 4 is 5.97 Å². The van der Waals surface area contributed by atoms with Crippen LogP contribution in [-0.2, 0) is 9.53 Å². The minimum atomic E-state index is -0.489. The van der Waals surface area contributed by atoms with Gasteiger partial charge in [0, 0.05) is 6.92 Å². The van der Waals surface area contributed by atoms with E-state index in [0.717, 1.165) is 5.56 Å². The number of carbonyl (C=O) groups excluding carboxylic acids is 1. The number of benzene rings is 2. The smallest absolute Gasteiger partial charge is 0.303 e. The molecule has 1 aliphatic heterocycles. The first kappa shape index (κ1) is 13.5. The van der Waals surface area contributed by atoms with Gasteiger partial charge in [0.1, 0.15) is 6.61 Å². The molecule has 0 saturated carbocycles. The summed E-state index contributed by atoms with van der Waals surface area (Å²) in [4.78, 5) is 11.3. The summed E-state index contributed by atoms with van der Waals surface area (Å²) in [6.45, 7) is 1.65. The molecule has 0 aliphatic carbocycles. The zero-order valence-electron chi connectivity index (χ0n) is 11.7. The van der Waals surface area contributed by atoms with Gasteiger partial charge in [-0.1, -0.05) is 42.5 Å². The summed E-state index contributed by atoms with van der Waals surface area (Å²) < 4.78 is 17.1. The fourth-order valence-corrected chi connectivity index (χ4v) is 2.37. The predicted octanol–water partition coefficient (Wildman–Crippen LogP) is 3.13. The molecule has 0 radical (unpaired) electrons. The van der Waals surface area contributed by atoms with Crippen LogP contribution in [0.4, 0.5) is 0 Å². The molecule has 0 amide bonds. The van der Waals surface area contributed by atoms with E-state index in [-0.39, 0.29) is 12.6 Å². The number of rotatable bonds is 2. The summed E-state index contributed by atoms with van der Waals surface area (Å²) in [6, 6.07) is 17.2. The SMILES string of the molecule is CC(=O)O[C@@H]1COc2ccccc2O[C@H]1c1ccccc1. The molecule has 0 unspecified atom stereocenters. The van der Waals surface area contributed by atoms with Gasteiger partial charge in [-0.25, -0.2) is 0 Å². The van der Waals surface area contributed by atoms with Crippen molar-refractivity contribution in [1.29, 1.82) is 0 Å². The second kappa shape index (κ2) is 5.87. The van der Waals surface area contributed by atoms with Gasteiger partial charge in [0.05, 0.1) is 0 Å². The summed E-state index contributed by atoms with van der Waals surface area (Å²) in [6.07, 6.45) is -0.879. The number of carbonyl (C=O) groups is 1. The van der Waals surface area contributed by atoms with Crippen LogP contribution in [0.3, 0.4) is 0 Å². The van der Waals surface area contributed by atoms with Gasteiger partial charge >= 0.3 is 5.97 Å². The maximum Gasteiger partial charge on any atom is 0.303 e. The Bertz CT molecular complexity index is 624. The minimum absolute atomic E-state index is 0.260. The Kier molecular flexibility index (Phi) is 3.77. The molecule has 0 aromatic heterocycles. The first-order chi connectivity index (χ1) is 10.2. The van der Waals surface area contributed by atoms with Crippen LogP contribution in [0.1, 0.15) is 18.6 Å². The summed E-state index contributed by atoms with van der Waals surface area (Å²) in [7, 11) is 0. The topological polar surface area (TPSA) is 44.8 Å². The maximum absolute atomic E-state index is 11.3. The van der Waals surface area contributed by atoms with Crippen LogP contribution in [0.2, 0.25) is 0 Å². The van der Waals surface area contributed by atoms with Crippen LogP contribution >= 0.6 is 0 Å². The lowest BCUT2D eigenvalue weighted by atomic mass is 10.0. The molecule has 0 N–H and O–H groups in total. The first-order valence-electron chi connectivity index (χ1n) is 6.84. The van der Waals surface area contributed by atoms with E-state index in [4.69, 9.17) is 14.2 Å². The van der Waals surface area contributed by atoms with Crippen molar-refractivity contribution in [2.45, 2.75) is 19.1 Å². The van der Waals surface area contributed by atoms with Crippen molar-refractivity contribution in [2.24, 2.45) is 0 Å². The number of esters is 1. The molecule has 2 atom stereocenters. The average molecular weight is 284 g/mol. The summed E-state index contributed by atoms with van der Waals surface area (Å²) in [5.74, 6) is 0.966. The van der Waals surface area contributed by atoms with E-state index in [9.17, 15) is 4.79 Å². The highest BCUT2D eigenvalue weighted by molar-refractivity contribution is 5.66. The molecule has 1 aliphatic rings. The Morgan fingerprint density at radius 3 is 2.43 bits per heavy atom. The number of ether oxygens (including phenoxy) is 3. The fourth-order valence-electron chi connectivity index (χ4n) is 2.37. The summed E-state index contributed by atoms with van der Waals surface area (Å²) in [5, 5.41) is 0. The Labute approximate surface area is 123 Å². The van der Waals surface area contributed by atoms with Gasteiger partial charge in [-0.3, -0.25) is 4.79 Å². The molecule has 0 saturated heterocycles. The lowest BCUT2D eigenvalue weighted by Gasteiger charge is -2.24. The number of hydrogen-bond donors (Lipinski definition) is 0. The Morgan fingerprint density at radius 2 is 1.71 bits per heavy atom. The molecule has 21 heavy (non-hydrogen) atoms. The third-order valence-electron chi connectivity index (χ3n) is 3.29. The van der Waals surface area contributed by atoms with Gasteiger partial charge in [-0.05, 0) is 17.7 Å². The Hall–Kier alpha value is -2.49. The molecule has 0 bridgehead atoms. The lowest BCUT2D eigenvalue weighted by molar-refractivity contribution is -0.152. The van der Waals surface area contributed by atoms with E-state index in [1.165, 1.54) is 6.92 Å². The van der Waals surface area contributed by atoms with Gasteiger partial charge < -0.3 is 14.2 Å². The molecule has 2 aromatic carbocycles. The van der Waals surface area contributed by atoms with Gasteiger partial charge in [0.25, 0.3) is 0 Å². The molecule has 4 nitrogen and oxygen atoms in total. The van der Waals surface area contributed by atoms with Gasteiger partial charge in [-0.15, -0.1) is 0 Å². The standard InChI is InChI=1S/C17H16O4/c1-12(18)20-16-11-19-14-9-5-6-10-15(14)21-17(16)13-7-3-2-4-8-13/h2-10,16-17H,11H2,1H3/t16-,17+/m1/s1. The van der Waals surface area contributed by atoms with Crippen LogP contribution in [0, 0.1) is 0 Å². The largest absolute Gasteiger partial charge is 0.486 e. The van der Waals surface area contributed by atoms with Crippen LogP contribution in [0.5, 0.6) is 11.5 Å². The first-order valence-corrected chi connectivity index (χ1v) is 6.84. The van der Waals surface area contributed by atoms with E-state index in [2.05, 4.69) is 0 Å². The fraction of sp³-hybridized carbons (Fsp3) is 0.235. The summed E-state index contributed by atoms with van der Waals surface area (Å²) in [5.41, 5.74) is 0.948. The van der Waals surface area contributed by atoms with Crippen molar-refractivity contribution < 1.29 is 19.0 Å². The van der Waals surface area contributed by atoms with Crippen LogP contribution in [0.25, 0.3) is 0 Å². The van der Waals surface area contributed by atoms with Crippen molar-refractivity contribution in [1.82, 2.24) is 0 Å². The van der Waals surface area contributed by atoms with Gasteiger partial charge in [0.15, 0.2) is 23.7 Å². The number of para-hydroxylation sites is 2. The normalized spacial score (nSPS) is 20.4. The minimum Gasteiger partial charge on any atom is -0.486 e. The lowest BCUT2D eigenvalue weighted by Crippen LogP contribution is -2.32. The van der Waals surface area contributed by atoms with Crippen molar-refractivity contribution in [3.05, 3.63) is 60.2 Å². The van der Waals surface area contributed by atoms with E-state index < -0.39 is 12.2 Å². The highest BCUT2D eigenvalue weighted by atomic mass is 16.6. The average Bonchev–Trinajstić information content (AvgIpc) is 2.68. The zero-order valence-corrected chi connectivity index (χ0v) is 11.7. The van der Waals surface area contributed by atoms with Crippen molar-refractivity contribution in [3.8, 4) is 11.5 Å². The monoisotopic (exact) mass is 284 g/mol. The van der Waals surface area contributed by atoms with E-state index in [1.54, 1.807) is 0 Å². The predicted molar refractivity (Wildman–Crippen MR) is 77.3 cm³/mol. The Morgan fingerprint density at radius 1 is 1.05 bits per heavy atom. The van der Waals surface area contributed by atoms with E-state index in [0.29, 0.717) is 11.5 Å². The van der Waals surface area contributed by atoms with Crippen LogP contribution < -0.4 is 9.47 Å². The Balaban J connectivity index is 1.96. The zero-order chi connectivity index (χ0) is 14.7. The van der Waals surface area contributed by atoms with Crippen molar-refractivity contribution in [3.63, 3.8) is 0 Å². The summed E-state index contributed by atoms with van der Waals surface area (Å²) >= 11 is 0. The van der Waals surface area contributed by atoms with Crippen molar-refractivity contribution in [2.75, 3.05) is 6.61 Å². The van der Waals surface area contributed by atoms with Crippen LogP contribution in [0.15, 0.2) is 54.6 Å². The third kappa shape index (κ3) is 2.99. The quantitative estimate of drug-likeness (QED) is 0.795. The molecular weight excluding hydrogens is 268 g/mol. The molecule has 2 aromatic rings. The molecule has 0 fully saturated rings. The molecule has 4 heteroatoms.